The summed E-state index contributed by atoms with van der Waals surface area (Å²) in [4.78, 5) is 0. The molecule has 1 atom stereocenters. The molecule has 0 aliphatic heterocycles. The average molecular weight is 457 g/mol. The number of ether oxygens (including phenoxy) is 3. The van der Waals surface area contributed by atoms with E-state index in [1.807, 2.05) is 12.1 Å². The van der Waals surface area contributed by atoms with Gasteiger partial charge in [-0.3, -0.25) is 0 Å². The zero-order valence-electron chi connectivity index (χ0n) is 20.4. The van der Waals surface area contributed by atoms with Crippen molar-refractivity contribution in [1.82, 2.24) is 0 Å². The molecule has 2 rings (SSSR count). The Labute approximate surface area is 195 Å². The zero-order valence-corrected chi connectivity index (χ0v) is 21.4. The van der Waals surface area contributed by atoms with Gasteiger partial charge in [-0.15, -0.1) is 0 Å². The van der Waals surface area contributed by atoms with E-state index in [9.17, 15) is 0 Å². The van der Waals surface area contributed by atoms with Crippen LogP contribution in [0.1, 0.15) is 50.0 Å². The van der Waals surface area contributed by atoms with Crippen LogP contribution < -0.4 is 4.74 Å². The molecule has 2 aromatic carbocycles. The van der Waals surface area contributed by atoms with Crippen LogP contribution in [0.2, 0.25) is 18.1 Å². The second-order valence-corrected chi connectivity index (χ2v) is 12.8. The molecule has 32 heavy (non-hydrogen) atoms. The first-order chi connectivity index (χ1) is 15.6. The van der Waals surface area contributed by atoms with Crippen molar-refractivity contribution >= 4 is 8.32 Å². The molecule has 5 heteroatoms. The molecule has 0 heterocycles. The van der Waals surface area contributed by atoms with E-state index >= 15 is 0 Å². The van der Waals surface area contributed by atoms with Crippen LogP contribution in [0.5, 0.6) is 5.75 Å². The summed E-state index contributed by atoms with van der Waals surface area (Å²) in [5, 5.41) is 0. The molecule has 0 saturated heterocycles. The Hall–Kier alpha value is -1.92. The van der Waals surface area contributed by atoms with E-state index in [0.29, 0.717) is 13.4 Å². The lowest BCUT2D eigenvalue weighted by Gasteiger charge is -2.33. The summed E-state index contributed by atoms with van der Waals surface area (Å²) in [7, 11) is 1.62. The van der Waals surface area contributed by atoms with Crippen molar-refractivity contribution < 1.29 is 18.6 Å². The van der Waals surface area contributed by atoms with Crippen LogP contribution in [0.3, 0.4) is 0 Å². The number of rotatable bonds is 15. The number of benzene rings is 2. The van der Waals surface area contributed by atoms with Crippen molar-refractivity contribution in [3.63, 3.8) is 0 Å². The van der Waals surface area contributed by atoms with Gasteiger partial charge in [0.1, 0.15) is 12.5 Å². The third-order valence-electron chi connectivity index (χ3n) is 6.18. The second-order valence-electron chi connectivity index (χ2n) is 8.11. The Bertz CT molecular complexity index is 774. The average Bonchev–Trinajstić information content (AvgIpc) is 2.85. The van der Waals surface area contributed by atoms with Crippen molar-refractivity contribution in [3.8, 4) is 5.75 Å². The molecule has 176 valence electrons. The first-order valence-corrected chi connectivity index (χ1v) is 14.2. The van der Waals surface area contributed by atoms with E-state index in [1.54, 1.807) is 14.2 Å². The molecule has 0 radical (unpaired) electrons. The summed E-state index contributed by atoms with van der Waals surface area (Å²) in [6.07, 6.45) is 6.40. The highest BCUT2D eigenvalue weighted by Crippen LogP contribution is 2.32. The maximum atomic E-state index is 6.88. The van der Waals surface area contributed by atoms with Gasteiger partial charge >= 0.3 is 0 Å². The van der Waals surface area contributed by atoms with Gasteiger partial charge in [0.15, 0.2) is 8.32 Å². The standard InChI is InChI=1S/C27H40O4Si/c1-6-32(7-2,8-3)31-27(25-17-19-26(29-5)20-18-25)12-10-9-11-23-13-15-24(16-14-23)21-30-22-28-4/h9-10,13-20,27H,6-8,11-12,21-22H2,1-5H3/b10-9-. The van der Waals surface area contributed by atoms with Crippen molar-refractivity contribution in [2.24, 2.45) is 0 Å². The molecule has 0 amide bonds. The number of hydrogen-bond donors (Lipinski definition) is 0. The van der Waals surface area contributed by atoms with Crippen LogP contribution in [0.15, 0.2) is 60.7 Å². The third kappa shape index (κ3) is 8.21. The first kappa shape index (κ1) is 26.3. The highest BCUT2D eigenvalue weighted by atomic mass is 28.4. The van der Waals surface area contributed by atoms with E-state index in [2.05, 4.69) is 69.3 Å². The SMILES string of the molecule is CC[Si](CC)(CC)OC(C/C=C\Cc1ccc(COCOC)cc1)c1ccc(OC)cc1. The Balaban J connectivity index is 2.02. The number of hydrogen-bond acceptors (Lipinski definition) is 4. The van der Waals surface area contributed by atoms with Crippen LogP contribution in [0.25, 0.3) is 0 Å². The highest BCUT2D eigenvalue weighted by molar-refractivity contribution is 6.73. The first-order valence-electron chi connectivity index (χ1n) is 11.7. The predicted molar refractivity (Wildman–Crippen MR) is 135 cm³/mol. The Morgan fingerprint density at radius 1 is 0.812 bits per heavy atom. The largest absolute Gasteiger partial charge is 0.497 e. The van der Waals surface area contributed by atoms with Gasteiger partial charge in [-0.1, -0.05) is 69.3 Å². The van der Waals surface area contributed by atoms with Crippen molar-refractivity contribution in [2.45, 2.75) is 64.5 Å². The van der Waals surface area contributed by atoms with Gasteiger partial charge < -0.3 is 18.6 Å². The van der Waals surface area contributed by atoms with Crippen LogP contribution in [0.4, 0.5) is 0 Å². The number of methoxy groups -OCH3 is 2. The van der Waals surface area contributed by atoms with E-state index in [-0.39, 0.29) is 6.10 Å². The molecule has 0 aliphatic carbocycles. The minimum Gasteiger partial charge on any atom is -0.497 e. The van der Waals surface area contributed by atoms with Crippen LogP contribution in [0, 0.1) is 0 Å². The fourth-order valence-corrected chi connectivity index (χ4v) is 6.66. The van der Waals surface area contributed by atoms with Crippen molar-refractivity contribution in [3.05, 3.63) is 77.4 Å². The minimum atomic E-state index is -1.72. The quantitative estimate of drug-likeness (QED) is 0.124. The summed E-state index contributed by atoms with van der Waals surface area (Å²) < 4.78 is 22.5. The van der Waals surface area contributed by atoms with Gasteiger partial charge in [0, 0.05) is 7.11 Å². The van der Waals surface area contributed by atoms with Gasteiger partial charge in [0.2, 0.25) is 0 Å². The lowest BCUT2D eigenvalue weighted by molar-refractivity contribution is -0.0390. The summed E-state index contributed by atoms with van der Waals surface area (Å²) in [5.41, 5.74) is 3.67. The smallest absolute Gasteiger partial charge is 0.192 e. The van der Waals surface area contributed by atoms with Crippen LogP contribution in [-0.2, 0) is 26.9 Å². The maximum absolute atomic E-state index is 6.88. The van der Waals surface area contributed by atoms with Gasteiger partial charge in [-0.2, -0.15) is 0 Å². The third-order valence-corrected chi connectivity index (χ3v) is 10.8. The molecule has 0 N–H and O–H groups in total. The summed E-state index contributed by atoms with van der Waals surface area (Å²) in [5.74, 6) is 0.879. The molecule has 0 bridgehead atoms. The fraction of sp³-hybridized carbons (Fsp3) is 0.481. The van der Waals surface area contributed by atoms with E-state index in [0.717, 1.165) is 42.3 Å². The molecule has 0 aromatic heterocycles. The molecule has 0 spiro atoms. The maximum Gasteiger partial charge on any atom is 0.192 e. The van der Waals surface area contributed by atoms with Crippen LogP contribution >= 0.6 is 0 Å². The normalized spacial score (nSPS) is 12.9. The summed E-state index contributed by atoms with van der Waals surface area (Å²) in [6.45, 7) is 7.74. The number of allylic oxidation sites excluding steroid dienone is 1. The molecule has 4 nitrogen and oxygen atoms in total. The highest BCUT2D eigenvalue weighted by Gasteiger charge is 2.32. The van der Waals surface area contributed by atoms with Gasteiger partial charge in [-0.25, -0.2) is 0 Å². The monoisotopic (exact) mass is 456 g/mol. The van der Waals surface area contributed by atoms with Crippen molar-refractivity contribution in [1.29, 1.82) is 0 Å². The minimum absolute atomic E-state index is 0.0870. The van der Waals surface area contributed by atoms with Gasteiger partial charge in [-0.05, 0) is 59.8 Å². The second kappa shape index (κ2) is 14.3. The lowest BCUT2D eigenvalue weighted by Crippen LogP contribution is -2.37. The van der Waals surface area contributed by atoms with Gasteiger partial charge in [0.25, 0.3) is 0 Å². The predicted octanol–water partition coefficient (Wildman–Crippen LogP) is 7.07. The Kier molecular flexibility index (Phi) is 11.7. The Morgan fingerprint density at radius 2 is 1.44 bits per heavy atom. The van der Waals surface area contributed by atoms with Gasteiger partial charge in [0.05, 0.1) is 19.8 Å². The zero-order chi connectivity index (χ0) is 23.2. The molecule has 0 aliphatic rings. The summed E-state index contributed by atoms with van der Waals surface area (Å²) >= 11 is 0. The molecule has 1 unspecified atom stereocenters. The Morgan fingerprint density at radius 3 is 2.00 bits per heavy atom. The van der Waals surface area contributed by atoms with E-state index in [1.165, 1.54) is 11.1 Å². The van der Waals surface area contributed by atoms with E-state index < -0.39 is 8.32 Å². The van der Waals surface area contributed by atoms with Crippen LogP contribution in [-0.4, -0.2) is 29.3 Å². The molecule has 0 saturated carbocycles. The van der Waals surface area contributed by atoms with Crippen molar-refractivity contribution in [2.75, 3.05) is 21.0 Å². The molecular formula is C27H40O4Si. The lowest BCUT2D eigenvalue weighted by atomic mass is 10.0. The fourth-order valence-electron chi connectivity index (χ4n) is 3.83. The molecule has 2 aromatic rings. The topological polar surface area (TPSA) is 36.9 Å². The van der Waals surface area contributed by atoms with E-state index in [4.69, 9.17) is 18.6 Å². The molecular weight excluding hydrogens is 416 g/mol. The molecule has 0 fully saturated rings. The summed E-state index contributed by atoms with van der Waals surface area (Å²) in [6, 6.07) is 20.3.